The molecule has 0 saturated carbocycles. The van der Waals surface area contributed by atoms with Gasteiger partial charge >= 0.3 is 0 Å². The average molecular weight is 819 g/mol. The highest BCUT2D eigenvalue weighted by atomic mass is 32.1. The van der Waals surface area contributed by atoms with Crippen molar-refractivity contribution in [2.45, 2.75) is 0 Å². The van der Waals surface area contributed by atoms with Crippen LogP contribution in [-0.2, 0) is 0 Å². The number of thiophene rings is 1. The Labute approximate surface area is 365 Å². The van der Waals surface area contributed by atoms with Gasteiger partial charge in [0.1, 0.15) is 0 Å². The van der Waals surface area contributed by atoms with E-state index in [1.54, 1.807) is 0 Å². The Morgan fingerprint density at radius 3 is 1.83 bits per heavy atom. The first-order valence-electron chi connectivity index (χ1n) is 21.4. The van der Waals surface area contributed by atoms with E-state index in [1.807, 2.05) is 23.5 Å². The lowest BCUT2D eigenvalue weighted by atomic mass is 9.99. The molecule has 0 saturated heterocycles. The van der Waals surface area contributed by atoms with Crippen molar-refractivity contribution in [2.75, 3.05) is 0 Å². The van der Waals surface area contributed by atoms with Gasteiger partial charge in [-0.25, -0.2) is 9.97 Å². The molecule has 4 nitrogen and oxygen atoms in total. The standard InChI is InChI=1S/C58H34N4S/c1-2-15-39-35(13-1)29-32-42-40-16-3-9-23-50(40)62(58(39)42)51-24-11-14-37-33-52-46(34-45(37)51)41-17-4-8-22-49(41)61(52)38-30-27-36(28-31-38)56-57(60-48-21-7-6-20-47(48)59-56)44-19-12-26-54-55(44)43-18-5-10-25-53(43)63-54/h1-34H. The van der Waals surface area contributed by atoms with Gasteiger partial charge in [-0.15, -0.1) is 11.3 Å². The van der Waals surface area contributed by atoms with Crippen molar-refractivity contribution in [2.24, 2.45) is 0 Å². The zero-order valence-electron chi connectivity index (χ0n) is 33.8. The molecule has 14 rings (SSSR count). The number of rotatable bonds is 4. The maximum Gasteiger partial charge on any atom is 0.0979 e. The fourth-order valence-electron chi connectivity index (χ4n) is 10.3. The lowest BCUT2D eigenvalue weighted by Crippen LogP contribution is -1.98. The highest BCUT2D eigenvalue weighted by Crippen LogP contribution is 2.44. The van der Waals surface area contributed by atoms with Gasteiger partial charge in [-0.05, 0) is 77.5 Å². The van der Waals surface area contributed by atoms with Crippen LogP contribution in [0.15, 0.2) is 206 Å². The summed E-state index contributed by atoms with van der Waals surface area (Å²) in [5.41, 5.74) is 12.7. The molecule has 5 heteroatoms. The van der Waals surface area contributed by atoms with Crippen molar-refractivity contribution in [1.82, 2.24) is 19.1 Å². The fourth-order valence-corrected chi connectivity index (χ4v) is 11.4. The molecular weight excluding hydrogens is 785 g/mol. The van der Waals surface area contributed by atoms with Crippen molar-refractivity contribution in [1.29, 1.82) is 0 Å². The Morgan fingerprint density at radius 1 is 0.365 bits per heavy atom. The van der Waals surface area contributed by atoms with E-state index in [9.17, 15) is 0 Å². The Hall–Kier alpha value is -8.12. The zero-order valence-corrected chi connectivity index (χ0v) is 34.6. The Bertz CT molecular complexity index is 4210. The number of benzene rings is 10. The van der Waals surface area contributed by atoms with E-state index < -0.39 is 0 Å². The zero-order chi connectivity index (χ0) is 41.2. The van der Waals surface area contributed by atoms with Crippen LogP contribution in [0, 0.1) is 0 Å². The monoisotopic (exact) mass is 818 g/mol. The molecular formula is C58H34N4S. The number of para-hydroxylation sites is 4. The minimum atomic E-state index is 0.876. The minimum Gasteiger partial charge on any atom is -0.309 e. The van der Waals surface area contributed by atoms with Crippen LogP contribution in [-0.4, -0.2) is 19.1 Å². The molecule has 0 aliphatic heterocycles. The van der Waals surface area contributed by atoms with Crippen molar-refractivity contribution in [3.8, 4) is 33.9 Å². The second-order valence-corrected chi connectivity index (χ2v) is 17.6. The smallest absolute Gasteiger partial charge is 0.0979 e. The second-order valence-electron chi connectivity index (χ2n) is 16.5. The molecule has 0 bridgehead atoms. The average Bonchev–Trinajstić information content (AvgIpc) is 4.00. The van der Waals surface area contributed by atoms with Gasteiger partial charge in [-0.1, -0.05) is 140 Å². The third-order valence-corrected chi connectivity index (χ3v) is 14.2. The van der Waals surface area contributed by atoms with Crippen molar-refractivity contribution in [3.05, 3.63) is 206 Å². The molecule has 0 amide bonds. The van der Waals surface area contributed by atoms with E-state index in [-0.39, 0.29) is 0 Å². The molecule has 292 valence electrons. The van der Waals surface area contributed by atoms with Crippen LogP contribution in [0.1, 0.15) is 0 Å². The number of nitrogens with zero attached hydrogens (tertiary/aromatic N) is 4. The van der Waals surface area contributed by atoms with Crippen LogP contribution in [0.4, 0.5) is 0 Å². The summed E-state index contributed by atoms with van der Waals surface area (Å²) >= 11 is 1.83. The minimum absolute atomic E-state index is 0.876. The summed E-state index contributed by atoms with van der Waals surface area (Å²) in [7, 11) is 0. The third-order valence-electron chi connectivity index (χ3n) is 13.1. The molecule has 0 radical (unpaired) electrons. The highest BCUT2D eigenvalue weighted by Gasteiger charge is 2.21. The van der Waals surface area contributed by atoms with Gasteiger partial charge in [-0.2, -0.15) is 0 Å². The molecule has 0 fully saturated rings. The van der Waals surface area contributed by atoms with Crippen LogP contribution in [0.25, 0.3) is 130 Å². The molecule has 0 aliphatic carbocycles. The molecule has 0 spiro atoms. The van der Waals surface area contributed by atoms with Gasteiger partial charge < -0.3 is 9.13 Å². The molecule has 0 aliphatic rings. The lowest BCUT2D eigenvalue weighted by Gasteiger charge is -2.14. The third kappa shape index (κ3) is 5.03. The molecule has 10 aromatic carbocycles. The number of aromatic nitrogens is 4. The van der Waals surface area contributed by atoms with Crippen molar-refractivity contribution in [3.63, 3.8) is 0 Å². The quantitative estimate of drug-likeness (QED) is 0.177. The predicted octanol–water partition coefficient (Wildman–Crippen LogP) is 15.8. The first kappa shape index (κ1) is 34.6. The van der Waals surface area contributed by atoms with Gasteiger partial charge in [0, 0.05) is 69.3 Å². The van der Waals surface area contributed by atoms with E-state index in [0.717, 1.165) is 39.2 Å². The largest absolute Gasteiger partial charge is 0.309 e. The van der Waals surface area contributed by atoms with Crippen LogP contribution >= 0.6 is 11.3 Å². The molecule has 63 heavy (non-hydrogen) atoms. The molecule has 4 heterocycles. The highest BCUT2D eigenvalue weighted by molar-refractivity contribution is 7.25. The predicted molar refractivity (Wildman–Crippen MR) is 267 cm³/mol. The van der Waals surface area contributed by atoms with Gasteiger partial charge in [0.05, 0.1) is 50.2 Å². The summed E-state index contributed by atoms with van der Waals surface area (Å²) in [6.07, 6.45) is 0. The summed E-state index contributed by atoms with van der Waals surface area (Å²) in [5, 5.41) is 12.3. The fraction of sp³-hybridized carbons (Fsp3) is 0. The van der Waals surface area contributed by atoms with Crippen molar-refractivity contribution >= 4 is 108 Å². The lowest BCUT2D eigenvalue weighted by molar-refractivity contribution is 1.18. The maximum absolute atomic E-state index is 5.35. The normalized spacial score (nSPS) is 12.1. The first-order chi connectivity index (χ1) is 31.2. The van der Waals surface area contributed by atoms with E-state index in [0.29, 0.717) is 0 Å². The SMILES string of the molecule is c1cc(-n2c3ccccc3c3ccc4ccccc4c32)c2cc3c4ccccc4n(-c4ccc(-c5nc6ccccc6nc5-c5cccc6sc7ccccc7c56)cc4)c3cc2c1. The molecule has 0 N–H and O–H groups in total. The van der Waals surface area contributed by atoms with Crippen molar-refractivity contribution < 1.29 is 0 Å². The number of fused-ring (bicyclic) bond motifs is 13. The van der Waals surface area contributed by atoms with E-state index >= 15 is 0 Å². The van der Waals surface area contributed by atoms with Crippen LogP contribution < -0.4 is 0 Å². The summed E-state index contributed by atoms with van der Waals surface area (Å²) in [6.45, 7) is 0. The van der Waals surface area contributed by atoms with E-state index in [4.69, 9.17) is 9.97 Å². The first-order valence-corrected chi connectivity index (χ1v) is 22.2. The molecule has 4 aromatic heterocycles. The maximum atomic E-state index is 5.35. The van der Waals surface area contributed by atoms with Crippen LogP contribution in [0.3, 0.4) is 0 Å². The van der Waals surface area contributed by atoms with E-state index in [1.165, 1.54) is 91.0 Å². The van der Waals surface area contributed by atoms with Gasteiger partial charge in [-0.3, -0.25) is 0 Å². The van der Waals surface area contributed by atoms with Crippen LogP contribution in [0.5, 0.6) is 0 Å². The Kier molecular flexibility index (Phi) is 7.24. The van der Waals surface area contributed by atoms with Gasteiger partial charge in [0.15, 0.2) is 0 Å². The topological polar surface area (TPSA) is 35.6 Å². The van der Waals surface area contributed by atoms with E-state index in [2.05, 4.69) is 203 Å². The summed E-state index contributed by atoms with van der Waals surface area (Å²) < 4.78 is 7.43. The van der Waals surface area contributed by atoms with Gasteiger partial charge in [0.2, 0.25) is 0 Å². The second kappa shape index (κ2) is 13.2. The summed E-state index contributed by atoms with van der Waals surface area (Å²) in [6, 6.07) is 74.8. The number of hydrogen-bond donors (Lipinski definition) is 0. The van der Waals surface area contributed by atoms with Crippen LogP contribution in [0.2, 0.25) is 0 Å². The summed E-state index contributed by atoms with van der Waals surface area (Å²) in [5.74, 6) is 0. The number of hydrogen-bond acceptors (Lipinski definition) is 3. The molecule has 14 aromatic rings. The molecule has 0 atom stereocenters. The molecule has 0 unspecified atom stereocenters. The van der Waals surface area contributed by atoms with Gasteiger partial charge in [0.25, 0.3) is 0 Å². The summed E-state index contributed by atoms with van der Waals surface area (Å²) in [4.78, 5) is 10.7. The Balaban J connectivity index is 0.967. The Morgan fingerprint density at radius 2 is 1.00 bits per heavy atom.